The summed E-state index contributed by atoms with van der Waals surface area (Å²) in [6, 6.07) is 22.9. The van der Waals surface area contributed by atoms with Gasteiger partial charge in [0.25, 0.3) is 0 Å². The van der Waals surface area contributed by atoms with Gasteiger partial charge < -0.3 is 5.11 Å². The highest BCUT2D eigenvalue weighted by Crippen LogP contribution is 2.38. The van der Waals surface area contributed by atoms with E-state index in [0.717, 1.165) is 5.56 Å². The smallest absolute Gasteiger partial charge is 0.0977 e. The third kappa shape index (κ3) is 1.75. The van der Waals surface area contributed by atoms with E-state index in [0.29, 0.717) is 12.8 Å². The van der Waals surface area contributed by atoms with Crippen LogP contribution in [0, 0.1) is 0 Å². The lowest BCUT2D eigenvalue weighted by Gasteiger charge is -2.23. The number of hydrogen-bond acceptors (Lipinski definition) is 1. The molecule has 0 aliphatic heterocycles. The summed E-state index contributed by atoms with van der Waals surface area (Å²) in [5.74, 6) is 0. The molecule has 0 heterocycles. The molecule has 0 radical (unpaired) electrons. The molecule has 1 heteroatoms. The van der Waals surface area contributed by atoms with Crippen LogP contribution in [0.15, 0.2) is 66.7 Å². The Bertz CT molecular complexity index is 763. The summed E-state index contributed by atoms with van der Waals surface area (Å²) in [5, 5.41) is 13.5. The van der Waals surface area contributed by atoms with Crippen LogP contribution in [0.25, 0.3) is 10.8 Å². The maximum absolute atomic E-state index is 11.0. The van der Waals surface area contributed by atoms with Gasteiger partial charge in [0.15, 0.2) is 0 Å². The lowest BCUT2D eigenvalue weighted by molar-refractivity contribution is 0.0483. The average Bonchev–Trinajstić information content (AvgIpc) is 2.84. The molecule has 1 nitrogen and oxygen atoms in total. The number of fused-ring (bicyclic) bond motifs is 2. The molecule has 0 bridgehead atoms. The second-order valence-electron chi connectivity index (χ2n) is 5.72. The van der Waals surface area contributed by atoms with E-state index in [1.807, 2.05) is 24.3 Å². The molecule has 0 amide bonds. The van der Waals surface area contributed by atoms with Crippen molar-refractivity contribution in [2.45, 2.75) is 18.4 Å². The number of rotatable bonds is 1. The quantitative estimate of drug-likeness (QED) is 0.705. The summed E-state index contributed by atoms with van der Waals surface area (Å²) < 4.78 is 0. The highest BCUT2D eigenvalue weighted by atomic mass is 16.3. The van der Waals surface area contributed by atoms with Gasteiger partial charge in [-0.3, -0.25) is 0 Å². The Morgan fingerprint density at radius 3 is 2.00 bits per heavy atom. The van der Waals surface area contributed by atoms with Gasteiger partial charge in [0.05, 0.1) is 5.60 Å². The molecule has 98 valence electrons. The van der Waals surface area contributed by atoms with Crippen molar-refractivity contribution in [1.82, 2.24) is 0 Å². The van der Waals surface area contributed by atoms with E-state index in [2.05, 4.69) is 42.5 Å². The van der Waals surface area contributed by atoms with Crippen molar-refractivity contribution in [3.05, 3.63) is 83.4 Å². The van der Waals surface area contributed by atoms with E-state index in [1.54, 1.807) is 0 Å². The molecule has 3 aromatic rings. The summed E-state index contributed by atoms with van der Waals surface area (Å²) >= 11 is 0. The van der Waals surface area contributed by atoms with E-state index in [-0.39, 0.29) is 0 Å². The first-order chi connectivity index (χ1) is 9.74. The number of benzene rings is 3. The van der Waals surface area contributed by atoms with Crippen LogP contribution < -0.4 is 0 Å². The minimum Gasteiger partial charge on any atom is -0.384 e. The second-order valence-corrected chi connectivity index (χ2v) is 5.72. The van der Waals surface area contributed by atoms with Gasteiger partial charge in [0.1, 0.15) is 0 Å². The van der Waals surface area contributed by atoms with Gasteiger partial charge in [0.2, 0.25) is 0 Å². The maximum Gasteiger partial charge on any atom is 0.0977 e. The predicted molar refractivity (Wildman–Crippen MR) is 81.7 cm³/mol. The summed E-state index contributed by atoms with van der Waals surface area (Å²) in [7, 11) is 0. The molecule has 0 spiro atoms. The van der Waals surface area contributed by atoms with Crippen molar-refractivity contribution in [1.29, 1.82) is 0 Å². The molecule has 4 rings (SSSR count). The van der Waals surface area contributed by atoms with Crippen molar-refractivity contribution >= 4 is 10.8 Å². The first-order valence-corrected chi connectivity index (χ1v) is 7.03. The first-order valence-electron chi connectivity index (χ1n) is 7.03. The van der Waals surface area contributed by atoms with Crippen LogP contribution in [0.1, 0.15) is 16.7 Å². The van der Waals surface area contributed by atoms with Gasteiger partial charge >= 0.3 is 0 Å². The monoisotopic (exact) mass is 260 g/mol. The maximum atomic E-state index is 11.0. The van der Waals surface area contributed by atoms with E-state index in [9.17, 15) is 5.11 Å². The molecule has 1 aliphatic rings. The van der Waals surface area contributed by atoms with E-state index in [1.165, 1.54) is 21.9 Å². The molecular formula is C19H16O. The van der Waals surface area contributed by atoms with Gasteiger partial charge in [-0.1, -0.05) is 60.7 Å². The van der Waals surface area contributed by atoms with Crippen molar-refractivity contribution in [3.8, 4) is 0 Å². The Morgan fingerprint density at radius 1 is 0.700 bits per heavy atom. The summed E-state index contributed by atoms with van der Waals surface area (Å²) in [5.41, 5.74) is 2.80. The van der Waals surface area contributed by atoms with Crippen molar-refractivity contribution < 1.29 is 5.11 Å². The molecule has 20 heavy (non-hydrogen) atoms. The Balaban J connectivity index is 1.80. The van der Waals surface area contributed by atoms with Crippen molar-refractivity contribution in [3.63, 3.8) is 0 Å². The lowest BCUT2D eigenvalue weighted by atomic mass is 9.89. The highest BCUT2D eigenvalue weighted by molar-refractivity contribution is 5.83. The molecule has 3 aromatic carbocycles. The third-order valence-electron chi connectivity index (χ3n) is 4.37. The van der Waals surface area contributed by atoms with Crippen molar-refractivity contribution in [2.75, 3.05) is 0 Å². The Morgan fingerprint density at radius 2 is 1.30 bits per heavy atom. The van der Waals surface area contributed by atoms with E-state index < -0.39 is 5.60 Å². The standard InChI is InChI=1S/C19H16O/c20-19(12-16-7-3-4-8-17(16)13-19)18-10-9-14-5-1-2-6-15(14)11-18/h1-11,20H,12-13H2. The molecule has 0 aromatic heterocycles. The Kier molecular flexibility index (Phi) is 2.45. The van der Waals surface area contributed by atoms with Crippen LogP contribution in [0.2, 0.25) is 0 Å². The topological polar surface area (TPSA) is 20.2 Å². The van der Waals surface area contributed by atoms with Crippen LogP contribution in [0.5, 0.6) is 0 Å². The van der Waals surface area contributed by atoms with Gasteiger partial charge in [-0.15, -0.1) is 0 Å². The zero-order chi connectivity index (χ0) is 13.6. The van der Waals surface area contributed by atoms with Gasteiger partial charge in [-0.05, 0) is 33.5 Å². The van der Waals surface area contributed by atoms with Crippen LogP contribution in [-0.4, -0.2) is 5.11 Å². The van der Waals surface area contributed by atoms with Gasteiger partial charge in [-0.2, -0.15) is 0 Å². The average molecular weight is 260 g/mol. The summed E-state index contributed by atoms with van der Waals surface area (Å²) in [6.45, 7) is 0. The largest absolute Gasteiger partial charge is 0.384 e. The van der Waals surface area contributed by atoms with Crippen LogP contribution in [0.4, 0.5) is 0 Å². The fraction of sp³-hybridized carbons (Fsp3) is 0.158. The van der Waals surface area contributed by atoms with Crippen molar-refractivity contribution in [2.24, 2.45) is 0 Å². The predicted octanol–water partition coefficient (Wildman–Crippen LogP) is 3.83. The molecule has 0 fully saturated rings. The third-order valence-corrected chi connectivity index (χ3v) is 4.37. The van der Waals surface area contributed by atoms with Crippen LogP contribution >= 0.6 is 0 Å². The second kappa shape index (κ2) is 4.19. The molecule has 0 saturated carbocycles. The van der Waals surface area contributed by atoms with Gasteiger partial charge in [0, 0.05) is 12.8 Å². The molecule has 1 N–H and O–H groups in total. The first kappa shape index (κ1) is 11.7. The Labute approximate surface area is 118 Å². The van der Waals surface area contributed by atoms with E-state index >= 15 is 0 Å². The van der Waals surface area contributed by atoms with Crippen LogP contribution in [-0.2, 0) is 18.4 Å². The van der Waals surface area contributed by atoms with Crippen LogP contribution in [0.3, 0.4) is 0 Å². The normalized spacial score (nSPS) is 16.2. The molecule has 0 saturated heterocycles. The fourth-order valence-electron chi connectivity index (χ4n) is 3.28. The number of aliphatic hydroxyl groups is 1. The minimum absolute atomic E-state index is 0.710. The molecule has 0 atom stereocenters. The number of hydrogen-bond donors (Lipinski definition) is 1. The zero-order valence-corrected chi connectivity index (χ0v) is 11.2. The van der Waals surface area contributed by atoms with Gasteiger partial charge in [-0.25, -0.2) is 0 Å². The molecule has 0 unspecified atom stereocenters. The lowest BCUT2D eigenvalue weighted by Crippen LogP contribution is -2.26. The summed E-state index contributed by atoms with van der Waals surface area (Å²) in [6.07, 6.45) is 1.42. The highest BCUT2D eigenvalue weighted by Gasteiger charge is 2.36. The molecule has 1 aliphatic carbocycles. The fourth-order valence-corrected chi connectivity index (χ4v) is 3.28. The molecular weight excluding hydrogens is 244 g/mol. The van der Waals surface area contributed by atoms with E-state index in [4.69, 9.17) is 0 Å². The Hall–Kier alpha value is -2.12. The summed E-state index contributed by atoms with van der Waals surface area (Å²) in [4.78, 5) is 0. The zero-order valence-electron chi connectivity index (χ0n) is 11.2. The minimum atomic E-state index is -0.756. The SMILES string of the molecule is OC1(c2ccc3ccccc3c2)Cc2ccccc2C1.